The number of rotatable bonds is 2. The maximum atomic E-state index is 5.60. The molecule has 2 N–H and O–H groups in total. The standard InChI is InChI=1S/C14H15N3O/c1-9-3-4-11-10(5-9)6-12(17(11)2)13-8-16-14(7-15)18-13/h3-6,8H,7,15H2,1-2H3. The second-order valence-corrected chi connectivity index (χ2v) is 4.47. The number of aryl methyl sites for hydroxylation is 2. The number of aromatic nitrogens is 2. The monoisotopic (exact) mass is 241 g/mol. The molecule has 92 valence electrons. The summed E-state index contributed by atoms with van der Waals surface area (Å²) in [6.07, 6.45) is 1.73. The Balaban J connectivity index is 2.20. The Hall–Kier alpha value is -2.07. The van der Waals surface area contributed by atoms with E-state index in [1.54, 1.807) is 6.20 Å². The zero-order valence-corrected chi connectivity index (χ0v) is 10.5. The second kappa shape index (κ2) is 3.99. The SMILES string of the molecule is Cc1ccc2c(c1)cc(-c1cnc(CN)o1)n2C. The molecule has 0 saturated carbocycles. The lowest BCUT2D eigenvalue weighted by Crippen LogP contribution is -1.95. The summed E-state index contributed by atoms with van der Waals surface area (Å²) in [6, 6.07) is 8.51. The molecule has 0 amide bonds. The van der Waals surface area contributed by atoms with Crippen LogP contribution in [0.15, 0.2) is 34.9 Å². The Labute approximate surface area is 105 Å². The van der Waals surface area contributed by atoms with Crippen molar-refractivity contribution in [3.63, 3.8) is 0 Å². The van der Waals surface area contributed by atoms with E-state index >= 15 is 0 Å². The van der Waals surface area contributed by atoms with Crippen LogP contribution in [0.4, 0.5) is 0 Å². The molecule has 0 aliphatic carbocycles. The van der Waals surface area contributed by atoms with Gasteiger partial charge >= 0.3 is 0 Å². The van der Waals surface area contributed by atoms with Gasteiger partial charge in [-0.15, -0.1) is 0 Å². The summed E-state index contributed by atoms with van der Waals surface area (Å²) in [6.45, 7) is 2.41. The summed E-state index contributed by atoms with van der Waals surface area (Å²) < 4.78 is 7.71. The molecule has 0 fully saturated rings. The Morgan fingerprint density at radius 2 is 2.17 bits per heavy atom. The molecule has 3 aromatic rings. The molecule has 0 spiro atoms. The molecule has 0 saturated heterocycles. The van der Waals surface area contributed by atoms with Gasteiger partial charge in [0, 0.05) is 18.0 Å². The van der Waals surface area contributed by atoms with Crippen LogP contribution in [0.1, 0.15) is 11.5 Å². The molecule has 1 aromatic carbocycles. The van der Waals surface area contributed by atoms with Gasteiger partial charge in [-0.25, -0.2) is 4.98 Å². The molecule has 4 heteroatoms. The smallest absolute Gasteiger partial charge is 0.208 e. The summed E-state index contributed by atoms with van der Waals surface area (Å²) in [4.78, 5) is 4.13. The molecular weight excluding hydrogens is 226 g/mol. The van der Waals surface area contributed by atoms with Crippen molar-refractivity contribution in [2.24, 2.45) is 12.8 Å². The molecule has 0 aliphatic heterocycles. The molecule has 0 radical (unpaired) electrons. The third kappa shape index (κ3) is 1.62. The van der Waals surface area contributed by atoms with Crippen LogP contribution < -0.4 is 5.73 Å². The van der Waals surface area contributed by atoms with Crippen molar-refractivity contribution in [3.05, 3.63) is 41.9 Å². The first-order chi connectivity index (χ1) is 8.69. The van der Waals surface area contributed by atoms with Crippen LogP contribution in [0.3, 0.4) is 0 Å². The van der Waals surface area contributed by atoms with Crippen molar-refractivity contribution in [3.8, 4) is 11.5 Å². The maximum Gasteiger partial charge on any atom is 0.208 e. The van der Waals surface area contributed by atoms with Gasteiger partial charge in [0.05, 0.1) is 18.4 Å². The molecular formula is C14H15N3O. The fourth-order valence-corrected chi connectivity index (χ4v) is 2.23. The highest BCUT2D eigenvalue weighted by atomic mass is 16.4. The number of oxazole rings is 1. The van der Waals surface area contributed by atoms with E-state index < -0.39 is 0 Å². The second-order valence-electron chi connectivity index (χ2n) is 4.47. The highest BCUT2D eigenvalue weighted by Crippen LogP contribution is 2.28. The number of fused-ring (bicyclic) bond motifs is 1. The van der Waals surface area contributed by atoms with E-state index in [2.05, 4.69) is 40.7 Å². The van der Waals surface area contributed by atoms with Crippen LogP contribution in [0, 0.1) is 6.92 Å². The third-order valence-corrected chi connectivity index (χ3v) is 3.18. The van der Waals surface area contributed by atoms with Gasteiger partial charge in [0.1, 0.15) is 0 Å². The van der Waals surface area contributed by atoms with Gasteiger partial charge in [0.15, 0.2) is 5.76 Å². The lowest BCUT2D eigenvalue weighted by molar-refractivity contribution is 0.506. The van der Waals surface area contributed by atoms with Crippen molar-refractivity contribution < 1.29 is 4.42 Å². The molecule has 18 heavy (non-hydrogen) atoms. The normalized spacial score (nSPS) is 11.3. The van der Waals surface area contributed by atoms with Crippen molar-refractivity contribution in [2.45, 2.75) is 13.5 Å². The molecule has 3 rings (SSSR count). The van der Waals surface area contributed by atoms with Crippen LogP contribution in [-0.4, -0.2) is 9.55 Å². The van der Waals surface area contributed by atoms with Crippen molar-refractivity contribution in [1.82, 2.24) is 9.55 Å². The highest BCUT2D eigenvalue weighted by Gasteiger charge is 2.12. The van der Waals surface area contributed by atoms with Crippen LogP contribution >= 0.6 is 0 Å². The molecule has 4 nitrogen and oxygen atoms in total. The maximum absolute atomic E-state index is 5.60. The fourth-order valence-electron chi connectivity index (χ4n) is 2.23. The first kappa shape index (κ1) is 11.0. The zero-order valence-electron chi connectivity index (χ0n) is 10.5. The van der Waals surface area contributed by atoms with E-state index in [0.717, 1.165) is 11.5 Å². The number of nitrogens with two attached hydrogens (primary N) is 1. The van der Waals surface area contributed by atoms with E-state index in [0.29, 0.717) is 12.4 Å². The lowest BCUT2D eigenvalue weighted by atomic mass is 10.2. The van der Waals surface area contributed by atoms with Gasteiger partial charge in [-0.1, -0.05) is 11.6 Å². The minimum atomic E-state index is 0.322. The minimum Gasteiger partial charge on any atom is -0.438 e. The number of hydrogen-bond acceptors (Lipinski definition) is 3. The average molecular weight is 241 g/mol. The summed E-state index contributed by atoms with van der Waals surface area (Å²) in [7, 11) is 2.03. The van der Waals surface area contributed by atoms with Crippen molar-refractivity contribution in [1.29, 1.82) is 0 Å². The summed E-state index contributed by atoms with van der Waals surface area (Å²) in [5, 5.41) is 1.21. The van der Waals surface area contributed by atoms with Gasteiger partial charge in [-0.05, 0) is 25.1 Å². The predicted octanol–water partition coefficient (Wildman–Crippen LogP) is 2.60. The number of hydrogen-bond donors (Lipinski definition) is 1. The summed E-state index contributed by atoms with van der Waals surface area (Å²) >= 11 is 0. The topological polar surface area (TPSA) is 57.0 Å². The van der Waals surface area contributed by atoms with Gasteiger partial charge in [-0.2, -0.15) is 0 Å². The predicted molar refractivity (Wildman–Crippen MR) is 71.0 cm³/mol. The van der Waals surface area contributed by atoms with Crippen molar-refractivity contribution >= 4 is 10.9 Å². The summed E-state index contributed by atoms with van der Waals surface area (Å²) in [5.41, 5.74) is 8.96. The van der Waals surface area contributed by atoms with Gasteiger partial charge in [-0.3, -0.25) is 0 Å². The van der Waals surface area contributed by atoms with E-state index in [1.807, 2.05) is 7.05 Å². The Morgan fingerprint density at radius 1 is 1.33 bits per heavy atom. The van der Waals surface area contributed by atoms with Gasteiger partial charge in [0.2, 0.25) is 5.89 Å². The van der Waals surface area contributed by atoms with E-state index in [9.17, 15) is 0 Å². The number of benzene rings is 1. The van der Waals surface area contributed by atoms with Crippen LogP contribution in [0.25, 0.3) is 22.4 Å². The van der Waals surface area contributed by atoms with E-state index in [4.69, 9.17) is 10.2 Å². The zero-order chi connectivity index (χ0) is 12.7. The third-order valence-electron chi connectivity index (χ3n) is 3.18. The van der Waals surface area contributed by atoms with Crippen LogP contribution in [0.5, 0.6) is 0 Å². The molecule has 2 heterocycles. The first-order valence-corrected chi connectivity index (χ1v) is 5.90. The van der Waals surface area contributed by atoms with E-state index in [1.165, 1.54) is 16.5 Å². The Kier molecular flexibility index (Phi) is 2.45. The summed E-state index contributed by atoms with van der Waals surface area (Å²) in [5.74, 6) is 1.32. The first-order valence-electron chi connectivity index (χ1n) is 5.90. The van der Waals surface area contributed by atoms with Gasteiger partial charge in [0.25, 0.3) is 0 Å². The van der Waals surface area contributed by atoms with Crippen molar-refractivity contribution in [2.75, 3.05) is 0 Å². The van der Waals surface area contributed by atoms with Crippen LogP contribution in [0.2, 0.25) is 0 Å². The highest BCUT2D eigenvalue weighted by molar-refractivity contribution is 5.86. The van der Waals surface area contributed by atoms with Crippen LogP contribution in [-0.2, 0) is 13.6 Å². The molecule has 0 aliphatic rings. The molecule has 0 bridgehead atoms. The van der Waals surface area contributed by atoms with Gasteiger partial charge < -0.3 is 14.7 Å². The molecule has 2 aromatic heterocycles. The fraction of sp³-hybridized carbons (Fsp3) is 0.214. The molecule has 0 unspecified atom stereocenters. The van der Waals surface area contributed by atoms with E-state index in [-0.39, 0.29) is 0 Å². The largest absolute Gasteiger partial charge is 0.438 e. The average Bonchev–Trinajstić information content (AvgIpc) is 2.94. The Bertz CT molecular complexity index is 709. The Morgan fingerprint density at radius 3 is 2.89 bits per heavy atom. The molecule has 0 atom stereocenters. The lowest BCUT2D eigenvalue weighted by Gasteiger charge is -2.00. The quantitative estimate of drug-likeness (QED) is 0.750. The minimum absolute atomic E-state index is 0.322. The number of nitrogens with zero attached hydrogens (tertiary/aromatic N) is 2.